The molecule has 1 aliphatic heterocycles. The highest BCUT2D eigenvalue weighted by atomic mass is 79.9. The molecule has 5 fully saturated rings. The molecule has 126 valence electrons. The first kappa shape index (κ1) is 15.4. The van der Waals surface area contributed by atoms with Crippen LogP contribution in [0.15, 0.2) is 0 Å². The van der Waals surface area contributed by atoms with E-state index in [1.54, 1.807) is 0 Å². The average molecular weight is 385 g/mol. The number of nitrogens with zero attached hydrogens (tertiary/aromatic N) is 1. The number of hydrogen-bond donors (Lipinski definition) is 1. The summed E-state index contributed by atoms with van der Waals surface area (Å²) in [6, 6.07) is -0.403. The highest BCUT2D eigenvalue weighted by molar-refractivity contribution is 9.10. The fourth-order valence-electron chi connectivity index (χ4n) is 5.46. The van der Waals surface area contributed by atoms with Crippen LogP contribution < -0.4 is 5.32 Å². The van der Waals surface area contributed by atoms with Crippen LogP contribution in [-0.4, -0.2) is 46.8 Å². The van der Waals surface area contributed by atoms with Crippen LogP contribution in [0.2, 0.25) is 0 Å². The maximum Gasteiger partial charge on any atom is 0.324 e. The van der Waals surface area contributed by atoms with Gasteiger partial charge in [0, 0.05) is 17.4 Å². The molecule has 5 aliphatic rings. The molecule has 4 bridgehead atoms. The SMILES string of the molecule is O=C(COC(=O)C12C[C@@H]3C[C@@H](CC(Br)(C3)C1)C2)N1CCNC1=O. The molecule has 5 rings (SSSR count). The summed E-state index contributed by atoms with van der Waals surface area (Å²) in [7, 11) is 0. The number of hydrogen-bond acceptors (Lipinski definition) is 4. The summed E-state index contributed by atoms with van der Waals surface area (Å²) in [5, 5.41) is 2.57. The van der Waals surface area contributed by atoms with Gasteiger partial charge in [0.05, 0.1) is 5.41 Å². The molecule has 2 unspecified atom stereocenters. The van der Waals surface area contributed by atoms with Gasteiger partial charge in [0.2, 0.25) is 0 Å². The third-order valence-electron chi connectivity index (χ3n) is 5.91. The van der Waals surface area contributed by atoms with E-state index in [9.17, 15) is 14.4 Å². The van der Waals surface area contributed by atoms with Crippen molar-refractivity contribution in [3.63, 3.8) is 0 Å². The van der Waals surface area contributed by atoms with Crippen LogP contribution >= 0.6 is 15.9 Å². The van der Waals surface area contributed by atoms with E-state index in [0.717, 1.165) is 37.0 Å². The maximum absolute atomic E-state index is 12.7. The second-order valence-electron chi connectivity index (χ2n) is 7.75. The molecule has 7 heteroatoms. The quantitative estimate of drug-likeness (QED) is 0.594. The molecule has 0 aromatic heterocycles. The van der Waals surface area contributed by atoms with Crippen LogP contribution in [0.25, 0.3) is 0 Å². The number of carbonyl (C=O) groups excluding carboxylic acids is 3. The molecule has 1 N–H and O–H groups in total. The number of alkyl halides is 1. The minimum Gasteiger partial charge on any atom is -0.455 e. The standard InChI is InChI=1S/C16H21BrN2O4/c17-16-6-10-3-11(7-16)5-15(4-10,9-16)13(21)23-8-12(20)19-2-1-18-14(19)22/h10-11H,1-9H2,(H,18,22)/t10-,11+,15?,16?. The molecule has 1 heterocycles. The van der Waals surface area contributed by atoms with Crippen molar-refractivity contribution in [1.82, 2.24) is 10.2 Å². The summed E-state index contributed by atoms with van der Waals surface area (Å²) in [6.45, 7) is 0.464. The van der Waals surface area contributed by atoms with E-state index in [0.29, 0.717) is 24.9 Å². The third kappa shape index (κ3) is 2.57. The maximum atomic E-state index is 12.7. The largest absolute Gasteiger partial charge is 0.455 e. The van der Waals surface area contributed by atoms with E-state index < -0.39 is 17.4 Å². The molecule has 0 aromatic rings. The molecule has 0 aromatic carbocycles. The normalized spacial score (nSPS) is 41.1. The number of urea groups is 1. The van der Waals surface area contributed by atoms with Crippen molar-refractivity contribution >= 4 is 33.8 Å². The molecule has 3 amide bonds. The Kier molecular flexibility index (Phi) is 3.48. The minimum absolute atomic E-state index is 0.0783. The van der Waals surface area contributed by atoms with Crippen LogP contribution in [0.4, 0.5) is 4.79 Å². The fraction of sp³-hybridized carbons (Fsp3) is 0.812. The number of ether oxygens (including phenoxy) is 1. The summed E-state index contributed by atoms with van der Waals surface area (Å²) in [5.41, 5.74) is -0.429. The Morgan fingerprint density at radius 1 is 1.26 bits per heavy atom. The van der Waals surface area contributed by atoms with Crippen molar-refractivity contribution < 1.29 is 19.1 Å². The van der Waals surface area contributed by atoms with E-state index in [1.807, 2.05) is 0 Å². The lowest BCUT2D eigenvalue weighted by molar-refractivity contribution is -0.172. The van der Waals surface area contributed by atoms with Gasteiger partial charge in [0.1, 0.15) is 0 Å². The Balaban J connectivity index is 1.41. The van der Waals surface area contributed by atoms with Crippen molar-refractivity contribution in [3.8, 4) is 0 Å². The average Bonchev–Trinajstić information content (AvgIpc) is 2.88. The molecule has 4 atom stereocenters. The lowest BCUT2D eigenvalue weighted by atomic mass is 9.49. The topological polar surface area (TPSA) is 75.7 Å². The number of amides is 3. The fourth-order valence-corrected chi connectivity index (χ4v) is 6.91. The van der Waals surface area contributed by atoms with Crippen molar-refractivity contribution in [2.75, 3.05) is 19.7 Å². The summed E-state index contributed by atoms with van der Waals surface area (Å²) < 4.78 is 5.44. The second kappa shape index (κ2) is 5.19. The van der Waals surface area contributed by atoms with E-state index in [2.05, 4.69) is 21.2 Å². The van der Waals surface area contributed by atoms with E-state index in [4.69, 9.17) is 4.74 Å². The minimum atomic E-state index is -0.438. The van der Waals surface area contributed by atoms with Gasteiger partial charge in [-0.05, 0) is 50.4 Å². The molecule has 4 aliphatic carbocycles. The zero-order chi connectivity index (χ0) is 16.2. The number of esters is 1. The molecule has 0 spiro atoms. The molecule has 6 nitrogen and oxygen atoms in total. The van der Waals surface area contributed by atoms with Crippen molar-refractivity contribution in [1.29, 1.82) is 0 Å². The Bertz CT molecular complexity index is 564. The van der Waals surface area contributed by atoms with Crippen molar-refractivity contribution in [3.05, 3.63) is 0 Å². The van der Waals surface area contributed by atoms with Gasteiger partial charge in [-0.1, -0.05) is 15.9 Å². The summed E-state index contributed by atoms with van der Waals surface area (Å²) >= 11 is 3.87. The number of halogens is 1. The predicted molar refractivity (Wildman–Crippen MR) is 84.8 cm³/mol. The number of imide groups is 1. The van der Waals surface area contributed by atoms with Crippen LogP contribution in [0.5, 0.6) is 0 Å². The number of rotatable bonds is 3. The molecule has 4 saturated carbocycles. The molecule has 0 radical (unpaired) electrons. The smallest absolute Gasteiger partial charge is 0.324 e. The summed E-state index contributed by atoms with van der Waals surface area (Å²) in [6.07, 6.45) is 6.08. The van der Waals surface area contributed by atoms with Gasteiger partial charge in [-0.15, -0.1) is 0 Å². The monoisotopic (exact) mass is 384 g/mol. The van der Waals surface area contributed by atoms with Gasteiger partial charge >= 0.3 is 12.0 Å². The van der Waals surface area contributed by atoms with Gasteiger partial charge in [0.25, 0.3) is 5.91 Å². The first-order valence-corrected chi connectivity index (χ1v) is 9.13. The van der Waals surface area contributed by atoms with Crippen LogP contribution in [0.1, 0.15) is 38.5 Å². The van der Waals surface area contributed by atoms with Gasteiger partial charge in [-0.3, -0.25) is 14.5 Å². The third-order valence-corrected chi connectivity index (χ3v) is 6.84. The lowest BCUT2D eigenvalue weighted by Gasteiger charge is -2.58. The van der Waals surface area contributed by atoms with Crippen LogP contribution in [0.3, 0.4) is 0 Å². The van der Waals surface area contributed by atoms with Crippen LogP contribution in [0, 0.1) is 17.3 Å². The van der Waals surface area contributed by atoms with E-state index in [1.165, 1.54) is 6.42 Å². The zero-order valence-corrected chi connectivity index (χ0v) is 14.6. The molecule has 23 heavy (non-hydrogen) atoms. The van der Waals surface area contributed by atoms with Gasteiger partial charge in [0.15, 0.2) is 6.61 Å². The van der Waals surface area contributed by atoms with Gasteiger partial charge in [-0.2, -0.15) is 0 Å². The Hall–Kier alpha value is -1.11. The Morgan fingerprint density at radius 3 is 2.52 bits per heavy atom. The first-order valence-electron chi connectivity index (χ1n) is 8.34. The molecule has 1 saturated heterocycles. The van der Waals surface area contributed by atoms with Gasteiger partial charge in [-0.25, -0.2) is 4.79 Å². The van der Waals surface area contributed by atoms with E-state index in [-0.39, 0.29) is 16.9 Å². The summed E-state index contributed by atoms with van der Waals surface area (Å²) in [4.78, 5) is 37.3. The van der Waals surface area contributed by atoms with Crippen molar-refractivity contribution in [2.45, 2.75) is 42.8 Å². The van der Waals surface area contributed by atoms with E-state index >= 15 is 0 Å². The Morgan fingerprint density at radius 2 is 1.96 bits per heavy atom. The highest BCUT2D eigenvalue weighted by Crippen LogP contribution is 2.64. The lowest BCUT2D eigenvalue weighted by Crippen LogP contribution is -2.56. The molecular weight excluding hydrogens is 364 g/mol. The highest BCUT2D eigenvalue weighted by Gasteiger charge is 2.60. The predicted octanol–water partition coefficient (Wildman–Crippen LogP) is 1.82. The number of carbonyl (C=O) groups is 3. The number of nitrogens with one attached hydrogen (secondary N) is 1. The second-order valence-corrected chi connectivity index (χ2v) is 9.43. The Labute approximate surface area is 143 Å². The first-order chi connectivity index (χ1) is 10.9. The van der Waals surface area contributed by atoms with Crippen molar-refractivity contribution in [2.24, 2.45) is 17.3 Å². The van der Waals surface area contributed by atoms with Gasteiger partial charge < -0.3 is 10.1 Å². The summed E-state index contributed by atoms with van der Waals surface area (Å²) in [5.74, 6) is 0.487. The van der Waals surface area contributed by atoms with Crippen LogP contribution in [-0.2, 0) is 14.3 Å². The zero-order valence-electron chi connectivity index (χ0n) is 13.0. The molecular formula is C16H21BrN2O4.